The van der Waals surface area contributed by atoms with E-state index in [9.17, 15) is 9.18 Å². The zero-order valence-electron chi connectivity index (χ0n) is 16.3. The Morgan fingerprint density at radius 1 is 1.18 bits per heavy atom. The second-order valence-electron chi connectivity index (χ2n) is 8.74. The van der Waals surface area contributed by atoms with E-state index in [2.05, 4.69) is 10.1 Å². The summed E-state index contributed by atoms with van der Waals surface area (Å²) in [5.41, 5.74) is 1.51. The molecular weight excluding hydrogens is 357 g/mol. The number of amides is 1. The molecule has 5 nitrogen and oxygen atoms in total. The van der Waals surface area contributed by atoms with Crippen LogP contribution in [-0.2, 0) is 0 Å². The van der Waals surface area contributed by atoms with Crippen molar-refractivity contribution in [1.82, 2.24) is 15.0 Å². The highest BCUT2D eigenvalue weighted by molar-refractivity contribution is 5.93. The standard InChI is InChI=1S/C22H26FN3O2/c1-13(2)19-11-18(24-28-19)22(27)26-12-17(14-3-5-16(23)6-4-14)21-20(26)15-7-9-25(21)10-8-15/h3-6,11,13,15,17,20-21H,7-10,12H2,1-2H3/t17-,20+,21+/m1/s1. The number of aromatic nitrogens is 1. The molecule has 1 aromatic heterocycles. The molecule has 0 N–H and O–H groups in total. The zero-order valence-corrected chi connectivity index (χ0v) is 16.3. The number of halogens is 1. The first kappa shape index (κ1) is 17.9. The smallest absolute Gasteiger partial charge is 0.276 e. The summed E-state index contributed by atoms with van der Waals surface area (Å²) in [6.45, 7) is 6.88. The summed E-state index contributed by atoms with van der Waals surface area (Å²) in [5.74, 6) is 1.41. The summed E-state index contributed by atoms with van der Waals surface area (Å²) < 4.78 is 18.8. The molecule has 1 aromatic carbocycles. The maximum atomic E-state index is 13.5. The predicted octanol–water partition coefficient (Wildman–Crippen LogP) is 3.64. The van der Waals surface area contributed by atoms with Crippen LogP contribution in [0.2, 0.25) is 0 Å². The maximum absolute atomic E-state index is 13.5. The van der Waals surface area contributed by atoms with E-state index in [0.29, 0.717) is 24.2 Å². The summed E-state index contributed by atoms with van der Waals surface area (Å²) >= 11 is 0. The molecule has 3 atom stereocenters. The van der Waals surface area contributed by atoms with Crippen molar-refractivity contribution in [3.63, 3.8) is 0 Å². The number of hydrogen-bond donors (Lipinski definition) is 0. The van der Waals surface area contributed by atoms with Gasteiger partial charge in [-0.2, -0.15) is 0 Å². The molecule has 4 aliphatic heterocycles. The normalized spacial score (nSPS) is 31.4. The highest BCUT2D eigenvalue weighted by Crippen LogP contribution is 2.47. The predicted molar refractivity (Wildman–Crippen MR) is 103 cm³/mol. The van der Waals surface area contributed by atoms with E-state index < -0.39 is 0 Å². The lowest BCUT2D eigenvalue weighted by atomic mass is 9.75. The number of likely N-dealkylation sites (tertiary alicyclic amines) is 1. The van der Waals surface area contributed by atoms with Gasteiger partial charge < -0.3 is 9.42 Å². The van der Waals surface area contributed by atoms with Gasteiger partial charge in [0.05, 0.1) is 6.04 Å². The molecule has 4 fully saturated rings. The van der Waals surface area contributed by atoms with Crippen LogP contribution < -0.4 is 0 Å². The molecule has 0 aliphatic carbocycles. The van der Waals surface area contributed by atoms with Gasteiger partial charge in [0.25, 0.3) is 5.91 Å². The van der Waals surface area contributed by atoms with Crippen LogP contribution in [0.15, 0.2) is 34.9 Å². The fourth-order valence-electron chi connectivity index (χ4n) is 5.47. The lowest BCUT2D eigenvalue weighted by Gasteiger charge is -2.51. The molecule has 4 saturated heterocycles. The molecule has 2 bridgehead atoms. The molecule has 148 valence electrons. The van der Waals surface area contributed by atoms with Crippen molar-refractivity contribution in [3.05, 3.63) is 53.2 Å². The van der Waals surface area contributed by atoms with Gasteiger partial charge in [-0.1, -0.05) is 31.1 Å². The van der Waals surface area contributed by atoms with Gasteiger partial charge in [0.15, 0.2) is 5.69 Å². The topological polar surface area (TPSA) is 49.6 Å². The van der Waals surface area contributed by atoms with Crippen molar-refractivity contribution in [2.24, 2.45) is 5.92 Å². The summed E-state index contributed by atoms with van der Waals surface area (Å²) in [5, 5.41) is 4.06. The van der Waals surface area contributed by atoms with Crippen LogP contribution in [0.25, 0.3) is 0 Å². The van der Waals surface area contributed by atoms with E-state index in [0.717, 1.165) is 37.3 Å². The Morgan fingerprint density at radius 2 is 1.89 bits per heavy atom. The molecule has 0 radical (unpaired) electrons. The summed E-state index contributed by atoms with van der Waals surface area (Å²) in [7, 11) is 0. The number of benzene rings is 1. The molecule has 2 aromatic rings. The second kappa shape index (κ2) is 6.69. The van der Waals surface area contributed by atoms with Gasteiger partial charge in [-0.25, -0.2) is 4.39 Å². The van der Waals surface area contributed by atoms with E-state index in [1.54, 1.807) is 6.07 Å². The van der Waals surface area contributed by atoms with Crippen molar-refractivity contribution < 1.29 is 13.7 Å². The average Bonchev–Trinajstić information content (AvgIpc) is 3.36. The first-order valence-electron chi connectivity index (χ1n) is 10.3. The van der Waals surface area contributed by atoms with Gasteiger partial charge in [0, 0.05) is 30.5 Å². The quantitative estimate of drug-likeness (QED) is 0.812. The number of piperidine rings is 3. The van der Waals surface area contributed by atoms with E-state index in [-0.39, 0.29) is 29.6 Å². The Kier molecular flexibility index (Phi) is 4.27. The zero-order chi connectivity index (χ0) is 19.4. The van der Waals surface area contributed by atoms with E-state index in [1.807, 2.05) is 30.9 Å². The highest BCUT2D eigenvalue weighted by Gasteiger charge is 2.55. The van der Waals surface area contributed by atoms with Crippen molar-refractivity contribution in [2.75, 3.05) is 19.6 Å². The van der Waals surface area contributed by atoms with Crippen LogP contribution in [0.5, 0.6) is 0 Å². The Labute approximate surface area is 164 Å². The third-order valence-corrected chi connectivity index (χ3v) is 6.87. The summed E-state index contributed by atoms with van der Waals surface area (Å²) in [6.07, 6.45) is 2.27. The van der Waals surface area contributed by atoms with Crippen molar-refractivity contribution >= 4 is 5.91 Å². The number of hydrogen-bond acceptors (Lipinski definition) is 4. The minimum Gasteiger partial charge on any atom is -0.360 e. The first-order chi connectivity index (χ1) is 13.5. The lowest BCUT2D eigenvalue weighted by molar-refractivity contribution is -0.00369. The van der Waals surface area contributed by atoms with Gasteiger partial charge >= 0.3 is 0 Å². The van der Waals surface area contributed by atoms with Gasteiger partial charge in [-0.05, 0) is 49.5 Å². The van der Waals surface area contributed by atoms with E-state index >= 15 is 0 Å². The molecule has 1 amide bonds. The first-order valence-corrected chi connectivity index (χ1v) is 10.3. The van der Waals surface area contributed by atoms with E-state index in [4.69, 9.17) is 4.52 Å². The SMILES string of the molecule is CC(C)c1cc(C(=O)N2C[C@H](c3ccc(F)cc3)[C@H]3[C@@H]2C2CCN3CC2)no1. The molecule has 5 heterocycles. The monoisotopic (exact) mass is 383 g/mol. The largest absolute Gasteiger partial charge is 0.360 e. The van der Waals surface area contributed by atoms with Crippen LogP contribution in [0.3, 0.4) is 0 Å². The molecule has 0 spiro atoms. The number of nitrogens with zero attached hydrogens (tertiary/aromatic N) is 3. The van der Waals surface area contributed by atoms with Crippen LogP contribution in [0, 0.1) is 11.7 Å². The fourth-order valence-corrected chi connectivity index (χ4v) is 5.47. The molecular formula is C22H26FN3O2. The van der Waals surface area contributed by atoms with Crippen LogP contribution in [0.4, 0.5) is 4.39 Å². The molecule has 0 unspecified atom stereocenters. The molecule has 6 rings (SSSR count). The highest BCUT2D eigenvalue weighted by atomic mass is 19.1. The van der Waals surface area contributed by atoms with E-state index in [1.165, 1.54) is 12.1 Å². The van der Waals surface area contributed by atoms with Crippen LogP contribution in [0.1, 0.15) is 60.3 Å². The number of carbonyl (C=O) groups is 1. The minimum atomic E-state index is -0.222. The molecule has 28 heavy (non-hydrogen) atoms. The third-order valence-electron chi connectivity index (χ3n) is 6.87. The van der Waals surface area contributed by atoms with Gasteiger partial charge in [0.2, 0.25) is 0 Å². The average molecular weight is 383 g/mol. The maximum Gasteiger partial charge on any atom is 0.276 e. The molecule has 4 aliphatic rings. The number of rotatable bonds is 3. The van der Waals surface area contributed by atoms with Crippen LogP contribution in [-0.4, -0.2) is 52.6 Å². The third kappa shape index (κ3) is 2.77. The van der Waals surface area contributed by atoms with Crippen molar-refractivity contribution in [3.8, 4) is 0 Å². The van der Waals surface area contributed by atoms with Gasteiger partial charge in [0.1, 0.15) is 11.6 Å². The Hall–Kier alpha value is -2.21. The lowest BCUT2D eigenvalue weighted by Crippen LogP contribution is -2.60. The minimum absolute atomic E-state index is 0.0380. The number of carbonyl (C=O) groups excluding carboxylic acids is 1. The van der Waals surface area contributed by atoms with Gasteiger partial charge in [-0.3, -0.25) is 9.69 Å². The molecule has 0 saturated carbocycles. The van der Waals surface area contributed by atoms with Gasteiger partial charge in [-0.15, -0.1) is 0 Å². The molecule has 6 heteroatoms. The Morgan fingerprint density at radius 3 is 2.54 bits per heavy atom. The number of fused-ring (bicyclic) bond motifs is 2. The van der Waals surface area contributed by atoms with Crippen LogP contribution >= 0.6 is 0 Å². The summed E-state index contributed by atoms with van der Waals surface area (Å²) in [6, 6.07) is 9.09. The summed E-state index contributed by atoms with van der Waals surface area (Å²) in [4.78, 5) is 17.9. The Balaban J connectivity index is 1.49. The second-order valence-corrected chi connectivity index (χ2v) is 8.74. The van der Waals surface area contributed by atoms with Crippen molar-refractivity contribution in [2.45, 2.75) is 50.6 Å². The van der Waals surface area contributed by atoms with Crippen molar-refractivity contribution in [1.29, 1.82) is 0 Å². The fraction of sp³-hybridized carbons (Fsp3) is 0.545. The Bertz CT molecular complexity index is 870.